The summed E-state index contributed by atoms with van der Waals surface area (Å²) < 4.78 is 13.4. The molecule has 1 amide bonds. The highest BCUT2D eigenvalue weighted by atomic mass is 79.9. The molecule has 0 aliphatic rings. The van der Waals surface area contributed by atoms with Crippen molar-refractivity contribution >= 4 is 49.5 Å². The van der Waals surface area contributed by atoms with E-state index in [-0.39, 0.29) is 11.3 Å². The van der Waals surface area contributed by atoms with Gasteiger partial charge in [-0.2, -0.15) is 5.26 Å². The van der Waals surface area contributed by atoms with Crippen LogP contribution in [0.25, 0.3) is 6.08 Å². The minimum absolute atomic E-state index is 0.0824. The molecule has 8 heteroatoms. The Bertz CT molecular complexity index is 1200. The number of benzene rings is 3. The van der Waals surface area contributed by atoms with Crippen molar-refractivity contribution in [3.63, 3.8) is 0 Å². The first-order chi connectivity index (χ1) is 15.9. The molecule has 2 N–H and O–H groups in total. The van der Waals surface area contributed by atoms with E-state index in [9.17, 15) is 15.2 Å². The van der Waals surface area contributed by atoms with Gasteiger partial charge in [-0.05, 0) is 88.6 Å². The largest absolute Gasteiger partial charge is 0.508 e. The molecule has 0 fully saturated rings. The van der Waals surface area contributed by atoms with Crippen LogP contribution in [0.2, 0.25) is 0 Å². The molecule has 0 radical (unpaired) electrons. The highest BCUT2D eigenvalue weighted by Crippen LogP contribution is 2.38. The topological polar surface area (TPSA) is 91.6 Å². The Hall–Kier alpha value is -3.28. The average molecular weight is 572 g/mol. The fraction of sp³-hybridized carbons (Fsp3) is 0.120. The van der Waals surface area contributed by atoms with Crippen LogP contribution in [0.15, 0.2) is 75.2 Å². The van der Waals surface area contributed by atoms with Gasteiger partial charge in [0.25, 0.3) is 5.91 Å². The number of nitrogens with one attached hydrogen (secondary N) is 1. The van der Waals surface area contributed by atoms with E-state index in [0.29, 0.717) is 40.4 Å². The number of nitriles is 1. The molecule has 0 aromatic heterocycles. The Morgan fingerprint density at radius 2 is 1.79 bits per heavy atom. The first-order valence-electron chi connectivity index (χ1n) is 9.95. The molecule has 0 aliphatic carbocycles. The van der Waals surface area contributed by atoms with E-state index >= 15 is 0 Å². The van der Waals surface area contributed by atoms with Gasteiger partial charge < -0.3 is 19.9 Å². The minimum Gasteiger partial charge on any atom is -0.508 e. The average Bonchev–Trinajstić information content (AvgIpc) is 2.79. The lowest BCUT2D eigenvalue weighted by molar-refractivity contribution is -0.112. The maximum atomic E-state index is 12.5. The van der Waals surface area contributed by atoms with Crippen molar-refractivity contribution in [2.45, 2.75) is 13.5 Å². The number of hydrogen-bond acceptors (Lipinski definition) is 5. The molecule has 0 spiro atoms. The zero-order chi connectivity index (χ0) is 23.8. The zero-order valence-electron chi connectivity index (χ0n) is 17.6. The lowest BCUT2D eigenvalue weighted by Crippen LogP contribution is -2.13. The lowest BCUT2D eigenvalue weighted by atomic mass is 10.1. The number of carbonyl (C=O) groups is 1. The van der Waals surface area contributed by atoms with Gasteiger partial charge in [0.15, 0.2) is 11.5 Å². The number of hydrogen-bond donors (Lipinski definition) is 2. The fourth-order valence-electron chi connectivity index (χ4n) is 2.87. The number of ether oxygens (including phenoxy) is 2. The van der Waals surface area contributed by atoms with Gasteiger partial charge in [-0.1, -0.05) is 28.1 Å². The summed E-state index contributed by atoms with van der Waals surface area (Å²) in [6, 6.07) is 19.2. The number of anilines is 1. The van der Waals surface area contributed by atoms with E-state index in [4.69, 9.17) is 9.47 Å². The Morgan fingerprint density at radius 1 is 1.09 bits per heavy atom. The minimum atomic E-state index is -0.562. The second-order valence-corrected chi connectivity index (χ2v) is 8.62. The van der Waals surface area contributed by atoms with E-state index in [1.165, 1.54) is 18.2 Å². The fourth-order valence-corrected chi connectivity index (χ4v) is 3.71. The van der Waals surface area contributed by atoms with Gasteiger partial charge in [0.1, 0.15) is 24.0 Å². The highest BCUT2D eigenvalue weighted by Gasteiger charge is 2.15. The molecule has 33 heavy (non-hydrogen) atoms. The van der Waals surface area contributed by atoms with Crippen LogP contribution in [0.3, 0.4) is 0 Å². The lowest BCUT2D eigenvalue weighted by Gasteiger charge is -2.15. The molecular weight excluding hydrogens is 552 g/mol. The quantitative estimate of drug-likeness (QED) is 0.184. The number of amides is 1. The van der Waals surface area contributed by atoms with Gasteiger partial charge in [0, 0.05) is 10.2 Å². The number of carbonyl (C=O) groups excluding carboxylic acids is 1. The number of phenolic OH excluding ortho intramolecular Hbond substituents is 1. The van der Waals surface area contributed by atoms with E-state index in [0.717, 1.165) is 10.0 Å². The molecule has 3 aromatic rings. The molecule has 0 heterocycles. The third-order valence-electron chi connectivity index (χ3n) is 4.43. The summed E-state index contributed by atoms with van der Waals surface area (Å²) >= 11 is 6.93. The third-order valence-corrected chi connectivity index (χ3v) is 5.55. The van der Waals surface area contributed by atoms with Crippen molar-refractivity contribution in [1.82, 2.24) is 0 Å². The number of rotatable bonds is 8. The standard InChI is InChI=1S/C25H20Br2N2O4/c1-2-32-23-13-17(11-18(14-28)25(31)29-20-7-9-21(30)10-8-20)12-22(27)24(23)33-15-16-3-5-19(26)6-4-16/h3-13,30H,2,15H2,1H3,(H,29,31)/b18-11-. The third kappa shape index (κ3) is 6.85. The van der Waals surface area contributed by atoms with E-state index < -0.39 is 5.91 Å². The maximum absolute atomic E-state index is 12.5. The smallest absolute Gasteiger partial charge is 0.266 e. The first-order valence-corrected chi connectivity index (χ1v) is 11.5. The van der Waals surface area contributed by atoms with Crippen LogP contribution in [0.1, 0.15) is 18.1 Å². The molecule has 0 saturated carbocycles. The van der Waals surface area contributed by atoms with Crippen LogP contribution < -0.4 is 14.8 Å². The summed E-state index contributed by atoms with van der Waals surface area (Å²) in [4.78, 5) is 12.5. The van der Waals surface area contributed by atoms with Crippen molar-refractivity contribution in [3.05, 3.63) is 86.3 Å². The highest BCUT2D eigenvalue weighted by molar-refractivity contribution is 9.10. The second kappa shape index (κ2) is 11.5. The zero-order valence-corrected chi connectivity index (χ0v) is 20.8. The van der Waals surface area contributed by atoms with Gasteiger partial charge in [-0.25, -0.2) is 0 Å². The summed E-state index contributed by atoms with van der Waals surface area (Å²) in [5.41, 5.74) is 1.97. The maximum Gasteiger partial charge on any atom is 0.266 e. The summed E-state index contributed by atoms with van der Waals surface area (Å²) in [6.45, 7) is 2.63. The Kier molecular flexibility index (Phi) is 8.52. The van der Waals surface area contributed by atoms with Gasteiger partial charge in [-0.15, -0.1) is 0 Å². The summed E-state index contributed by atoms with van der Waals surface area (Å²) in [5, 5.41) is 21.5. The molecule has 6 nitrogen and oxygen atoms in total. The van der Waals surface area contributed by atoms with Gasteiger partial charge in [0.2, 0.25) is 0 Å². The molecule has 3 aromatic carbocycles. The SMILES string of the molecule is CCOc1cc(/C=C(/C#N)C(=O)Nc2ccc(O)cc2)cc(Br)c1OCc1ccc(Br)cc1. The summed E-state index contributed by atoms with van der Waals surface area (Å²) in [6.07, 6.45) is 1.47. The Balaban J connectivity index is 1.83. The van der Waals surface area contributed by atoms with Crippen LogP contribution in [0, 0.1) is 11.3 Å². The molecule has 0 aliphatic heterocycles. The van der Waals surface area contributed by atoms with Crippen molar-refractivity contribution < 1.29 is 19.4 Å². The van der Waals surface area contributed by atoms with Crippen molar-refractivity contribution in [3.8, 4) is 23.3 Å². The Morgan fingerprint density at radius 3 is 2.42 bits per heavy atom. The molecule has 0 bridgehead atoms. The van der Waals surface area contributed by atoms with Crippen LogP contribution in [-0.4, -0.2) is 17.6 Å². The van der Waals surface area contributed by atoms with Crippen LogP contribution >= 0.6 is 31.9 Å². The van der Waals surface area contributed by atoms with Crippen LogP contribution in [-0.2, 0) is 11.4 Å². The van der Waals surface area contributed by atoms with Crippen LogP contribution in [0.4, 0.5) is 5.69 Å². The van der Waals surface area contributed by atoms with Crippen LogP contribution in [0.5, 0.6) is 17.2 Å². The molecule has 3 rings (SSSR count). The molecule has 0 atom stereocenters. The number of aromatic hydroxyl groups is 1. The number of nitrogens with zero attached hydrogens (tertiary/aromatic N) is 1. The summed E-state index contributed by atoms with van der Waals surface area (Å²) in [5.74, 6) is 0.545. The van der Waals surface area contributed by atoms with Gasteiger partial charge in [0.05, 0.1) is 11.1 Å². The number of phenols is 1. The molecular formula is C25H20Br2N2O4. The van der Waals surface area contributed by atoms with Gasteiger partial charge in [-0.3, -0.25) is 4.79 Å². The normalized spacial score (nSPS) is 10.9. The molecule has 0 saturated heterocycles. The summed E-state index contributed by atoms with van der Waals surface area (Å²) in [7, 11) is 0. The van der Waals surface area contributed by atoms with Crippen molar-refractivity contribution in [2.24, 2.45) is 0 Å². The van der Waals surface area contributed by atoms with E-state index in [2.05, 4.69) is 37.2 Å². The monoisotopic (exact) mass is 570 g/mol. The number of halogens is 2. The van der Waals surface area contributed by atoms with E-state index in [1.807, 2.05) is 37.3 Å². The van der Waals surface area contributed by atoms with Crippen molar-refractivity contribution in [1.29, 1.82) is 5.26 Å². The van der Waals surface area contributed by atoms with Crippen molar-refractivity contribution in [2.75, 3.05) is 11.9 Å². The molecule has 168 valence electrons. The van der Waals surface area contributed by atoms with E-state index in [1.54, 1.807) is 24.3 Å². The second-order valence-electron chi connectivity index (χ2n) is 6.85. The molecule has 0 unspecified atom stereocenters. The Labute approximate surface area is 208 Å². The predicted octanol–water partition coefficient (Wildman–Crippen LogP) is 6.44. The first kappa shape index (κ1) is 24.4. The van der Waals surface area contributed by atoms with Gasteiger partial charge >= 0.3 is 0 Å². The predicted molar refractivity (Wildman–Crippen MR) is 134 cm³/mol.